The Morgan fingerprint density at radius 2 is 2.07 bits per heavy atom. The molecule has 0 atom stereocenters. The van der Waals surface area contributed by atoms with E-state index in [1.54, 1.807) is 24.3 Å². The molecule has 3 heterocycles. The van der Waals surface area contributed by atoms with Crippen LogP contribution in [0.2, 0.25) is 0 Å². The first-order valence-electron chi connectivity index (χ1n) is 9.52. The molecule has 3 aromatic rings. The Morgan fingerprint density at radius 3 is 2.86 bits per heavy atom. The predicted octanol–water partition coefficient (Wildman–Crippen LogP) is 4.04. The Balaban J connectivity index is 1.49. The van der Waals surface area contributed by atoms with Crippen molar-refractivity contribution in [2.45, 2.75) is 33.2 Å². The molecular formula is C21H23N3O3S. The minimum absolute atomic E-state index is 0.0156. The number of nitrogens with one attached hydrogen (secondary N) is 1. The van der Waals surface area contributed by atoms with Crippen LogP contribution in [-0.4, -0.2) is 28.9 Å². The van der Waals surface area contributed by atoms with E-state index in [0.717, 1.165) is 36.1 Å². The topological polar surface area (TPSA) is 75.4 Å². The minimum atomic E-state index is -0.646. The zero-order chi connectivity index (χ0) is 19.7. The molecular weight excluding hydrogens is 374 g/mol. The number of thiazole rings is 1. The van der Waals surface area contributed by atoms with Gasteiger partial charge in [-0.25, -0.2) is 9.78 Å². The van der Waals surface area contributed by atoms with Crippen LogP contribution in [0.3, 0.4) is 0 Å². The highest BCUT2D eigenvalue weighted by Crippen LogP contribution is 2.26. The number of carbonyl (C=O) groups excluding carboxylic acids is 1. The van der Waals surface area contributed by atoms with E-state index in [2.05, 4.69) is 22.1 Å². The number of fused-ring (bicyclic) bond motifs is 1. The lowest BCUT2D eigenvalue weighted by Gasteiger charge is -2.29. The fourth-order valence-corrected chi connectivity index (χ4v) is 4.44. The number of piperidine rings is 1. The molecule has 0 saturated carbocycles. The van der Waals surface area contributed by atoms with Crippen molar-refractivity contribution in [2.75, 3.05) is 18.4 Å². The average Bonchev–Trinajstić information content (AvgIpc) is 3.01. The van der Waals surface area contributed by atoms with Gasteiger partial charge in [0, 0.05) is 16.8 Å². The molecule has 1 aliphatic rings. The van der Waals surface area contributed by atoms with Gasteiger partial charge >= 0.3 is 5.63 Å². The summed E-state index contributed by atoms with van der Waals surface area (Å²) in [5.74, 6) is 0.300. The van der Waals surface area contributed by atoms with Gasteiger partial charge in [0.05, 0.1) is 5.69 Å². The first-order valence-corrected chi connectivity index (χ1v) is 10.3. The van der Waals surface area contributed by atoms with Crippen LogP contribution in [0, 0.1) is 12.8 Å². The van der Waals surface area contributed by atoms with Crippen LogP contribution >= 0.6 is 11.3 Å². The largest absolute Gasteiger partial charge is 0.422 e. The van der Waals surface area contributed by atoms with E-state index in [4.69, 9.17) is 4.42 Å². The number of para-hydroxylation sites is 1. The Labute approximate surface area is 167 Å². The van der Waals surface area contributed by atoms with Crippen LogP contribution in [0.25, 0.3) is 11.0 Å². The third-order valence-corrected chi connectivity index (χ3v) is 6.30. The SMILES string of the molecule is Cc1nc(NC(=O)c2cc3ccccc3oc2=O)sc1CN1CCC(C)CC1. The van der Waals surface area contributed by atoms with Gasteiger partial charge in [0.2, 0.25) is 0 Å². The molecule has 1 N–H and O–H groups in total. The van der Waals surface area contributed by atoms with Crippen LogP contribution in [-0.2, 0) is 6.54 Å². The molecule has 28 heavy (non-hydrogen) atoms. The second-order valence-corrected chi connectivity index (χ2v) is 8.51. The molecule has 0 aliphatic carbocycles. The monoisotopic (exact) mass is 397 g/mol. The number of amides is 1. The van der Waals surface area contributed by atoms with Gasteiger partial charge in [-0.15, -0.1) is 11.3 Å². The van der Waals surface area contributed by atoms with Crippen LogP contribution in [0.1, 0.15) is 40.7 Å². The van der Waals surface area contributed by atoms with Crippen LogP contribution in [0.4, 0.5) is 5.13 Å². The van der Waals surface area contributed by atoms with Crippen LogP contribution in [0.15, 0.2) is 39.5 Å². The zero-order valence-electron chi connectivity index (χ0n) is 16.0. The van der Waals surface area contributed by atoms with E-state index < -0.39 is 11.5 Å². The third kappa shape index (κ3) is 4.00. The summed E-state index contributed by atoms with van der Waals surface area (Å²) in [5, 5.41) is 3.98. The lowest BCUT2D eigenvalue weighted by molar-refractivity contribution is 0.102. The van der Waals surface area contributed by atoms with E-state index in [0.29, 0.717) is 16.1 Å². The van der Waals surface area contributed by atoms with Crippen molar-refractivity contribution in [1.29, 1.82) is 0 Å². The molecule has 1 aliphatic heterocycles. The molecule has 2 aromatic heterocycles. The first kappa shape index (κ1) is 18.8. The summed E-state index contributed by atoms with van der Waals surface area (Å²) < 4.78 is 5.25. The molecule has 4 rings (SSSR count). The normalized spacial score (nSPS) is 15.8. The molecule has 0 bridgehead atoms. The lowest BCUT2D eigenvalue weighted by atomic mass is 9.99. The van der Waals surface area contributed by atoms with E-state index in [9.17, 15) is 9.59 Å². The molecule has 146 valence electrons. The highest BCUT2D eigenvalue weighted by Gasteiger charge is 2.20. The smallest absolute Gasteiger partial charge is 0.349 e. The van der Waals surface area contributed by atoms with Crippen molar-refractivity contribution in [3.8, 4) is 0 Å². The fraction of sp³-hybridized carbons (Fsp3) is 0.381. The Kier molecular flexibility index (Phi) is 5.28. The Hall–Kier alpha value is -2.51. The Bertz CT molecular complexity index is 1060. The summed E-state index contributed by atoms with van der Waals surface area (Å²) in [6, 6.07) is 8.69. The number of likely N-dealkylation sites (tertiary alicyclic amines) is 1. The molecule has 0 unspecified atom stereocenters. The molecule has 0 spiro atoms. The highest BCUT2D eigenvalue weighted by atomic mass is 32.1. The maximum absolute atomic E-state index is 12.6. The summed E-state index contributed by atoms with van der Waals surface area (Å²) in [6.07, 6.45) is 2.44. The van der Waals surface area contributed by atoms with Gasteiger partial charge in [-0.3, -0.25) is 15.0 Å². The van der Waals surface area contributed by atoms with Gasteiger partial charge in [0.1, 0.15) is 11.1 Å². The summed E-state index contributed by atoms with van der Waals surface area (Å²) >= 11 is 1.47. The Morgan fingerprint density at radius 1 is 1.32 bits per heavy atom. The summed E-state index contributed by atoms with van der Waals surface area (Å²) in [6.45, 7) is 7.30. The van der Waals surface area contributed by atoms with Crippen molar-refractivity contribution in [2.24, 2.45) is 5.92 Å². The van der Waals surface area contributed by atoms with Crippen molar-refractivity contribution in [3.05, 3.63) is 56.9 Å². The van der Waals surface area contributed by atoms with Crippen molar-refractivity contribution >= 4 is 33.3 Å². The van der Waals surface area contributed by atoms with Crippen molar-refractivity contribution in [1.82, 2.24) is 9.88 Å². The fourth-order valence-electron chi connectivity index (χ4n) is 3.44. The number of aromatic nitrogens is 1. The molecule has 0 radical (unpaired) electrons. The number of carbonyl (C=O) groups is 1. The maximum Gasteiger partial charge on any atom is 0.349 e. The van der Waals surface area contributed by atoms with E-state index in [1.807, 2.05) is 13.0 Å². The summed E-state index contributed by atoms with van der Waals surface area (Å²) in [4.78, 5) is 32.8. The lowest BCUT2D eigenvalue weighted by Crippen LogP contribution is -2.32. The predicted molar refractivity (Wildman–Crippen MR) is 111 cm³/mol. The number of hydrogen-bond acceptors (Lipinski definition) is 6. The second-order valence-electron chi connectivity index (χ2n) is 7.43. The average molecular weight is 398 g/mol. The van der Waals surface area contributed by atoms with Crippen molar-refractivity contribution < 1.29 is 9.21 Å². The van der Waals surface area contributed by atoms with E-state index in [1.165, 1.54) is 24.2 Å². The first-order chi connectivity index (χ1) is 13.5. The standard InChI is InChI=1S/C21H23N3O3S/c1-13-7-9-24(10-8-13)12-18-14(2)22-21(28-18)23-19(25)16-11-15-5-3-4-6-17(15)27-20(16)26/h3-6,11,13H,7-10,12H2,1-2H3,(H,22,23,25). The van der Waals surface area contributed by atoms with Crippen LogP contribution in [0.5, 0.6) is 0 Å². The van der Waals surface area contributed by atoms with Crippen molar-refractivity contribution in [3.63, 3.8) is 0 Å². The number of rotatable bonds is 4. The number of benzene rings is 1. The molecule has 6 nitrogen and oxygen atoms in total. The van der Waals surface area contributed by atoms with Gasteiger partial charge in [0.15, 0.2) is 5.13 Å². The second kappa shape index (κ2) is 7.85. The number of aryl methyl sites for hydroxylation is 1. The maximum atomic E-state index is 12.6. The molecule has 1 aromatic carbocycles. The van der Waals surface area contributed by atoms with Gasteiger partial charge in [-0.1, -0.05) is 25.1 Å². The quantitative estimate of drug-likeness (QED) is 0.673. The minimum Gasteiger partial charge on any atom is -0.422 e. The molecule has 1 amide bonds. The number of anilines is 1. The van der Waals surface area contributed by atoms with Gasteiger partial charge in [-0.05, 0) is 50.9 Å². The van der Waals surface area contributed by atoms with Crippen LogP contribution < -0.4 is 10.9 Å². The zero-order valence-corrected chi connectivity index (χ0v) is 16.8. The number of nitrogens with zero attached hydrogens (tertiary/aromatic N) is 2. The number of hydrogen-bond donors (Lipinski definition) is 1. The molecule has 7 heteroatoms. The van der Waals surface area contributed by atoms with Gasteiger partial charge in [0.25, 0.3) is 5.91 Å². The summed E-state index contributed by atoms with van der Waals surface area (Å²) in [5.41, 5.74) is 0.724. The van der Waals surface area contributed by atoms with Gasteiger partial charge in [-0.2, -0.15) is 0 Å². The van der Waals surface area contributed by atoms with E-state index >= 15 is 0 Å². The van der Waals surface area contributed by atoms with Gasteiger partial charge < -0.3 is 4.42 Å². The molecule has 1 saturated heterocycles. The summed E-state index contributed by atoms with van der Waals surface area (Å²) in [7, 11) is 0. The van der Waals surface area contributed by atoms with E-state index in [-0.39, 0.29) is 5.56 Å². The molecule has 1 fully saturated rings. The highest BCUT2D eigenvalue weighted by molar-refractivity contribution is 7.15. The third-order valence-electron chi connectivity index (χ3n) is 5.24.